The van der Waals surface area contributed by atoms with Crippen molar-refractivity contribution >= 4 is 5.91 Å². The van der Waals surface area contributed by atoms with Gasteiger partial charge in [-0.15, -0.1) is 0 Å². The van der Waals surface area contributed by atoms with E-state index in [4.69, 9.17) is 9.84 Å². The number of methoxy groups -OCH3 is 1. The number of hydrogen-bond acceptors (Lipinski definition) is 3. The lowest BCUT2D eigenvalue weighted by atomic mass is 10.1. The van der Waals surface area contributed by atoms with Crippen molar-refractivity contribution < 1.29 is 19.0 Å². The fourth-order valence-corrected chi connectivity index (χ4v) is 1.93. The Morgan fingerprint density at radius 1 is 1.52 bits per heavy atom. The third-order valence-electron chi connectivity index (χ3n) is 2.86. The predicted molar refractivity (Wildman–Crippen MR) is 78.4 cm³/mol. The standard InChI is InChI=1S/C16H20FNO3/c1-3-5-13(11-21-2)18-16(20)14-10-12(6-4-9-19)7-8-15(14)17/h7-8,10,13,19H,3,5,9,11H2,1-2H3,(H,18,20). The minimum absolute atomic E-state index is 0.0584. The largest absolute Gasteiger partial charge is 0.384 e. The number of aliphatic hydroxyl groups is 1. The van der Waals surface area contributed by atoms with Crippen molar-refractivity contribution in [2.45, 2.75) is 25.8 Å². The lowest BCUT2D eigenvalue weighted by molar-refractivity contribution is 0.0887. The van der Waals surface area contributed by atoms with Crippen molar-refractivity contribution in [3.8, 4) is 11.8 Å². The summed E-state index contributed by atoms with van der Waals surface area (Å²) in [7, 11) is 1.56. The molecule has 5 heteroatoms. The van der Waals surface area contributed by atoms with E-state index in [1.54, 1.807) is 7.11 Å². The SMILES string of the molecule is CCCC(COC)NC(=O)c1cc(C#CCO)ccc1F. The molecule has 4 nitrogen and oxygen atoms in total. The molecule has 0 bridgehead atoms. The summed E-state index contributed by atoms with van der Waals surface area (Å²) in [5.74, 6) is 4.02. The molecule has 21 heavy (non-hydrogen) atoms. The second-order valence-electron chi connectivity index (χ2n) is 4.57. The molecule has 1 atom stereocenters. The Labute approximate surface area is 124 Å². The zero-order valence-corrected chi connectivity index (χ0v) is 12.3. The Hall–Kier alpha value is -1.90. The van der Waals surface area contributed by atoms with Gasteiger partial charge >= 0.3 is 0 Å². The Bertz CT molecular complexity index is 528. The summed E-state index contributed by atoms with van der Waals surface area (Å²) in [5, 5.41) is 11.4. The van der Waals surface area contributed by atoms with Gasteiger partial charge in [-0.25, -0.2) is 4.39 Å². The summed E-state index contributed by atoms with van der Waals surface area (Å²) < 4.78 is 18.8. The summed E-state index contributed by atoms with van der Waals surface area (Å²) in [6.45, 7) is 2.09. The third-order valence-corrected chi connectivity index (χ3v) is 2.86. The van der Waals surface area contributed by atoms with Gasteiger partial charge in [-0.05, 0) is 24.6 Å². The van der Waals surface area contributed by atoms with Crippen LogP contribution in [0.15, 0.2) is 18.2 Å². The molecule has 0 aromatic heterocycles. The number of nitrogens with one attached hydrogen (secondary N) is 1. The fourth-order valence-electron chi connectivity index (χ4n) is 1.93. The van der Waals surface area contributed by atoms with Crippen LogP contribution in [0.4, 0.5) is 4.39 Å². The maximum Gasteiger partial charge on any atom is 0.254 e. The van der Waals surface area contributed by atoms with E-state index in [0.717, 1.165) is 12.8 Å². The molecule has 0 aliphatic rings. The first kappa shape index (κ1) is 17.2. The van der Waals surface area contributed by atoms with Crippen LogP contribution in [0.25, 0.3) is 0 Å². The number of carbonyl (C=O) groups excluding carboxylic acids is 1. The smallest absolute Gasteiger partial charge is 0.254 e. The summed E-state index contributed by atoms with van der Waals surface area (Å²) in [4.78, 5) is 12.1. The Balaban J connectivity index is 2.89. The molecule has 1 aromatic carbocycles. The molecule has 0 aliphatic heterocycles. The summed E-state index contributed by atoms with van der Waals surface area (Å²) in [6, 6.07) is 3.89. The molecule has 2 N–H and O–H groups in total. The van der Waals surface area contributed by atoms with Gasteiger partial charge in [-0.3, -0.25) is 4.79 Å². The van der Waals surface area contributed by atoms with Crippen molar-refractivity contribution in [3.05, 3.63) is 35.1 Å². The molecule has 1 amide bonds. The van der Waals surface area contributed by atoms with E-state index >= 15 is 0 Å². The second kappa shape index (κ2) is 9.11. The van der Waals surface area contributed by atoms with Gasteiger partial charge in [0.1, 0.15) is 12.4 Å². The summed E-state index contributed by atoms with van der Waals surface area (Å²) in [5.41, 5.74) is 0.423. The van der Waals surface area contributed by atoms with E-state index < -0.39 is 11.7 Å². The topological polar surface area (TPSA) is 58.6 Å². The normalized spacial score (nSPS) is 11.4. The van der Waals surface area contributed by atoms with Crippen LogP contribution in [0, 0.1) is 17.7 Å². The van der Waals surface area contributed by atoms with Gasteiger partial charge in [0.15, 0.2) is 0 Å². The van der Waals surface area contributed by atoms with E-state index in [1.165, 1.54) is 18.2 Å². The molecule has 0 fully saturated rings. The molecule has 0 saturated heterocycles. The van der Waals surface area contributed by atoms with E-state index in [2.05, 4.69) is 17.2 Å². The minimum Gasteiger partial charge on any atom is -0.384 e. The Kier molecular flexibility index (Phi) is 7.44. The van der Waals surface area contributed by atoms with Crippen molar-refractivity contribution in [1.82, 2.24) is 5.32 Å². The fraction of sp³-hybridized carbons (Fsp3) is 0.438. The molecule has 0 aliphatic carbocycles. The van der Waals surface area contributed by atoms with Crippen molar-refractivity contribution in [1.29, 1.82) is 0 Å². The van der Waals surface area contributed by atoms with Gasteiger partial charge in [0.05, 0.1) is 18.2 Å². The van der Waals surface area contributed by atoms with Gasteiger partial charge < -0.3 is 15.2 Å². The molecule has 0 spiro atoms. The van der Waals surface area contributed by atoms with E-state index in [0.29, 0.717) is 12.2 Å². The van der Waals surface area contributed by atoms with Gasteiger partial charge in [0, 0.05) is 12.7 Å². The molecule has 0 heterocycles. The number of halogens is 1. The molecule has 114 valence electrons. The third kappa shape index (κ3) is 5.54. The molecule has 0 saturated carbocycles. The highest BCUT2D eigenvalue weighted by molar-refractivity contribution is 5.95. The first-order valence-corrected chi connectivity index (χ1v) is 6.81. The van der Waals surface area contributed by atoms with Crippen LogP contribution >= 0.6 is 0 Å². The maximum absolute atomic E-state index is 13.8. The zero-order chi connectivity index (χ0) is 15.7. The molecule has 1 aromatic rings. The number of ether oxygens (including phenoxy) is 1. The van der Waals surface area contributed by atoms with Crippen molar-refractivity contribution in [3.63, 3.8) is 0 Å². The molecular weight excluding hydrogens is 273 g/mol. The van der Waals surface area contributed by atoms with Crippen molar-refractivity contribution in [2.24, 2.45) is 0 Å². The number of aliphatic hydroxyl groups excluding tert-OH is 1. The molecule has 1 rings (SSSR count). The minimum atomic E-state index is -0.602. The highest BCUT2D eigenvalue weighted by atomic mass is 19.1. The maximum atomic E-state index is 13.8. The zero-order valence-electron chi connectivity index (χ0n) is 12.3. The lowest BCUT2D eigenvalue weighted by Gasteiger charge is -2.17. The number of benzene rings is 1. The number of hydrogen-bond donors (Lipinski definition) is 2. The number of rotatable bonds is 6. The van der Waals surface area contributed by atoms with Crippen LogP contribution in [0.2, 0.25) is 0 Å². The first-order chi connectivity index (χ1) is 10.1. The van der Waals surface area contributed by atoms with E-state index in [9.17, 15) is 9.18 Å². The predicted octanol–water partition coefficient (Wildman–Crippen LogP) is 1.71. The second-order valence-corrected chi connectivity index (χ2v) is 4.57. The molecule has 1 unspecified atom stereocenters. The quantitative estimate of drug-likeness (QED) is 0.785. The molecular formula is C16H20FNO3. The Morgan fingerprint density at radius 2 is 2.29 bits per heavy atom. The van der Waals surface area contributed by atoms with Crippen LogP contribution in [-0.2, 0) is 4.74 Å². The lowest BCUT2D eigenvalue weighted by Crippen LogP contribution is -2.38. The van der Waals surface area contributed by atoms with Gasteiger partial charge in [-0.2, -0.15) is 0 Å². The number of carbonyl (C=O) groups is 1. The van der Waals surface area contributed by atoms with Gasteiger partial charge in [0.25, 0.3) is 5.91 Å². The average molecular weight is 293 g/mol. The van der Waals surface area contributed by atoms with Crippen molar-refractivity contribution in [2.75, 3.05) is 20.3 Å². The van der Waals surface area contributed by atoms with Crippen LogP contribution in [0.1, 0.15) is 35.7 Å². The molecule has 0 radical (unpaired) electrons. The van der Waals surface area contributed by atoms with E-state index in [1.807, 2.05) is 6.92 Å². The number of amides is 1. The van der Waals surface area contributed by atoms with Crippen LogP contribution in [-0.4, -0.2) is 37.4 Å². The summed E-state index contributed by atoms with van der Waals surface area (Å²) >= 11 is 0. The first-order valence-electron chi connectivity index (χ1n) is 6.81. The Morgan fingerprint density at radius 3 is 2.90 bits per heavy atom. The average Bonchev–Trinajstić information content (AvgIpc) is 2.46. The van der Waals surface area contributed by atoms with E-state index in [-0.39, 0.29) is 18.2 Å². The van der Waals surface area contributed by atoms with Crippen LogP contribution < -0.4 is 5.32 Å². The van der Waals surface area contributed by atoms with Crippen LogP contribution in [0.5, 0.6) is 0 Å². The van der Waals surface area contributed by atoms with Gasteiger partial charge in [0.2, 0.25) is 0 Å². The highest BCUT2D eigenvalue weighted by Crippen LogP contribution is 2.11. The van der Waals surface area contributed by atoms with Crippen LogP contribution in [0.3, 0.4) is 0 Å². The highest BCUT2D eigenvalue weighted by Gasteiger charge is 2.16. The van der Waals surface area contributed by atoms with Gasteiger partial charge in [-0.1, -0.05) is 25.2 Å². The summed E-state index contributed by atoms with van der Waals surface area (Å²) in [6.07, 6.45) is 1.64. The monoisotopic (exact) mass is 293 g/mol.